The van der Waals surface area contributed by atoms with E-state index in [-0.39, 0.29) is 12.4 Å². The number of esters is 2. The molecule has 0 amide bonds. The van der Waals surface area contributed by atoms with Crippen LogP contribution < -0.4 is 9.47 Å². The maximum atomic E-state index is 12.3. The molecule has 0 saturated heterocycles. The number of carbonyl (C=O) groups is 2. The third kappa shape index (κ3) is 7.30. The van der Waals surface area contributed by atoms with E-state index in [2.05, 4.69) is 0 Å². The minimum Gasteiger partial charge on any atom is -0.482 e. The number of carbonyl (C=O) groups excluding carboxylic acids is 2. The van der Waals surface area contributed by atoms with E-state index in [1.54, 1.807) is 18.2 Å². The SMILES string of the molecule is Cc1cc(C)cc(OCC(=O)Oc2cccc(C(=O)OCCCc3ccccc3)c2)c1. The molecule has 0 atom stereocenters. The van der Waals surface area contributed by atoms with Crippen LogP contribution in [0.15, 0.2) is 72.8 Å². The van der Waals surface area contributed by atoms with Gasteiger partial charge in [-0.3, -0.25) is 0 Å². The molecule has 0 unspecified atom stereocenters. The minimum absolute atomic E-state index is 0.225. The second-order valence-corrected chi connectivity index (χ2v) is 7.34. The average Bonchev–Trinajstić information content (AvgIpc) is 2.75. The summed E-state index contributed by atoms with van der Waals surface area (Å²) in [6.45, 7) is 4.02. The molecule has 0 radical (unpaired) electrons. The van der Waals surface area contributed by atoms with Crippen LogP contribution in [0, 0.1) is 13.8 Å². The maximum absolute atomic E-state index is 12.3. The Labute approximate surface area is 182 Å². The number of rotatable bonds is 9. The normalized spacial score (nSPS) is 10.4. The van der Waals surface area contributed by atoms with E-state index >= 15 is 0 Å². The molecule has 0 aliphatic carbocycles. The lowest BCUT2D eigenvalue weighted by atomic mass is 10.1. The molecule has 0 aliphatic rings. The largest absolute Gasteiger partial charge is 0.482 e. The summed E-state index contributed by atoms with van der Waals surface area (Å²) >= 11 is 0. The Bertz CT molecular complexity index is 1010. The fourth-order valence-corrected chi connectivity index (χ4v) is 3.18. The molecule has 0 fully saturated rings. The Morgan fingerprint density at radius 1 is 0.806 bits per heavy atom. The van der Waals surface area contributed by atoms with Gasteiger partial charge in [0.25, 0.3) is 0 Å². The molecular formula is C26H26O5. The van der Waals surface area contributed by atoms with Crippen LogP contribution in [-0.2, 0) is 16.0 Å². The molecule has 0 heterocycles. The summed E-state index contributed by atoms with van der Waals surface area (Å²) in [6.07, 6.45) is 1.58. The summed E-state index contributed by atoms with van der Waals surface area (Å²) < 4.78 is 16.1. The summed E-state index contributed by atoms with van der Waals surface area (Å²) in [5.74, 6) is -0.111. The second-order valence-electron chi connectivity index (χ2n) is 7.34. The van der Waals surface area contributed by atoms with Gasteiger partial charge in [-0.05, 0) is 73.7 Å². The first-order valence-electron chi connectivity index (χ1n) is 10.2. The van der Waals surface area contributed by atoms with Crippen molar-refractivity contribution in [1.29, 1.82) is 0 Å². The summed E-state index contributed by atoms with van der Waals surface area (Å²) in [5.41, 5.74) is 3.65. The lowest BCUT2D eigenvalue weighted by Gasteiger charge is -2.09. The first-order chi connectivity index (χ1) is 15.0. The van der Waals surface area contributed by atoms with Gasteiger partial charge in [0, 0.05) is 0 Å². The first-order valence-corrected chi connectivity index (χ1v) is 10.2. The van der Waals surface area contributed by atoms with Crippen molar-refractivity contribution < 1.29 is 23.8 Å². The molecule has 0 saturated carbocycles. The van der Waals surface area contributed by atoms with Gasteiger partial charge in [-0.2, -0.15) is 0 Å². The van der Waals surface area contributed by atoms with Crippen molar-refractivity contribution in [3.63, 3.8) is 0 Å². The third-order valence-corrected chi connectivity index (χ3v) is 4.54. The van der Waals surface area contributed by atoms with E-state index in [4.69, 9.17) is 14.2 Å². The Kier molecular flexibility index (Phi) is 7.82. The molecule has 31 heavy (non-hydrogen) atoms. The summed E-state index contributed by atoms with van der Waals surface area (Å²) in [7, 11) is 0. The van der Waals surface area contributed by atoms with Crippen molar-refractivity contribution in [3.05, 3.63) is 95.1 Å². The molecule has 5 nitrogen and oxygen atoms in total. The molecule has 3 rings (SSSR count). The standard InChI is InChI=1S/C26H26O5/c1-19-14-20(2)16-24(15-19)30-18-25(27)31-23-12-6-11-22(17-23)26(28)29-13-7-10-21-8-4-3-5-9-21/h3-6,8-9,11-12,14-17H,7,10,13,18H2,1-2H3. The third-order valence-electron chi connectivity index (χ3n) is 4.54. The predicted octanol–water partition coefficient (Wildman–Crippen LogP) is 5.08. The Balaban J connectivity index is 1.46. The van der Waals surface area contributed by atoms with Crippen molar-refractivity contribution in [2.75, 3.05) is 13.2 Å². The molecular weight excluding hydrogens is 392 g/mol. The van der Waals surface area contributed by atoms with Gasteiger partial charge < -0.3 is 14.2 Å². The maximum Gasteiger partial charge on any atom is 0.349 e. The molecule has 0 bridgehead atoms. The molecule has 3 aromatic rings. The Morgan fingerprint density at radius 2 is 1.55 bits per heavy atom. The van der Waals surface area contributed by atoms with Crippen LogP contribution >= 0.6 is 0 Å². The summed E-state index contributed by atoms with van der Waals surface area (Å²) in [5, 5.41) is 0. The van der Waals surface area contributed by atoms with E-state index in [9.17, 15) is 9.59 Å². The van der Waals surface area contributed by atoms with Crippen LogP contribution in [0.1, 0.15) is 33.5 Å². The second kappa shape index (κ2) is 11.0. The first kappa shape index (κ1) is 22.1. The van der Waals surface area contributed by atoms with Gasteiger partial charge in [0.1, 0.15) is 11.5 Å². The van der Waals surface area contributed by atoms with Gasteiger partial charge in [-0.1, -0.05) is 42.5 Å². The zero-order chi connectivity index (χ0) is 22.1. The molecule has 0 N–H and O–H groups in total. The Hall–Kier alpha value is -3.60. The van der Waals surface area contributed by atoms with Gasteiger partial charge in [0.05, 0.1) is 12.2 Å². The average molecular weight is 418 g/mol. The number of aryl methyl sites for hydroxylation is 3. The number of hydrogen-bond donors (Lipinski definition) is 0. The lowest BCUT2D eigenvalue weighted by Crippen LogP contribution is -2.18. The molecule has 160 valence electrons. The topological polar surface area (TPSA) is 61.8 Å². The molecule has 0 aliphatic heterocycles. The Morgan fingerprint density at radius 3 is 2.29 bits per heavy atom. The van der Waals surface area contributed by atoms with Crippen LogP contribution in [0.2, 0.25) is 0 Å². The van der Waals surface area contributed by atoms with Gasteiger partial charge in [0.2, 0.25) is 0 Å². The van der Waals surface area contributed by atoms with Crippen LogP contribution in [-0.4, -0.2) is 25.2 Å². The van der Waals surface area contributed by atoms with E-state index in [0.717, 1.165) is 24.0 Å². The highest BCUT2D eigenvalue weighted by atomic mass is 16.6. The smallest absolute Gasteiger partial charge is 0.349 e. The van der Waals surface area contributed by atoms with Gasteiger partial charge >= 0.3 is 11.9 Å². The van der Waals surface area contributed by atoms with Crippen molar-refractivity contribution in [2.45, 2.75) is 26.7 Å². The number of ether oxygens (including phenoxy) is 3. The fraction of sp³-hybridized carbons (Fsp3) is 0.231. The highest BCUT2D eigenvalue weighted by Crippen LogP contribution is 2.17. The molecule has 5 heteroatoms. The van der Waals surface area contributed by atoms with E-state index in [1.807, 2.05) is 62.4 Å². The van der Waals surface area contributed by atoms with E-state index in [1.165, 1.54) is 11.6 Å². The highest BCUT2D eigenvalue weighted by molar-refractivity contribution is 5.90. The minimum atomic E-state index is -0.549. The summed E-state index contributed by atoms with van der Waals surface area (Å²) in [4.78, 5) is 24.4. The van der Waals surface area contributed by atoms with Crippen molar-refractivity contribution >= 4 is 11.9 Å². The lowest BCUT2D eigenvalue weighted by molar-refractivity contribution is -0.136. The van der Waals surface area contributed by atoms with Crippen LogP contribution in [0.5, 0.6) is 11.5 Å². The van der Waals surface area contributed by atoms with Crippen molar-refractivity contribution in [3.8, 4) is 11.5 Å². The number of benzene rings is 3. The van der Waals surface area contributed by atoms with E-state index in [0.29, 0.717) is 17.9 Å². The zero-order valence-electron chi connectivity index (χ0n) is 17.8. The van der Waals surface area contributed by atoms with Crippen LogP contribution in [0.4, 0.5) is 0 Å². The summed E-state index contributed by atoms with van der Waals surface area (Å²) in [6, 6.07) is 22.2. The van der Waals surface area contributed by atoms with E-state index < -0.39 is 11.9 Å². The van der Waals surface area contributed by atoms with Crippen molar-refractivity contribution in [1.82, 2.24) is 0 Å². The number of hydrogen-bond acceptors (Lipinski definition) is 5. The van der Waals surface area contributed by atoms with Crippen LogP contribution in [0.3, 0.4) is 0 Å². The van der Waals surface area contributed by atoms with Gasteiger partial charge in [-0.15, -0.1) is 0 Å². The highest BCUT2D eigenvalue weighted by Gasteiger charge is 2.11. The van der Waals surface area contributed by atoms with Crippen LogP contribution in [0.25, 0.3) is 0 Å². The monoisotopic (exact) mass is 418 g/mol. The molecule has 0 spiro atoms. The fourth-order valence-electron chi connectivity index (χ4n) is 3.18. The zero-order valence-corrected chi connectivity index (χ0v) is 17.8. The van der Waals surface area contributed by atoms with Gasteiger partial charge in [-0.25, -0.2) is 9.59 Å². The van der Waals surface area contributed by atoms with Crippen molar-refractivity contribution in [2.24, 2.45) is 0 Å². The quantitative estimate of drug-likeness (QED) is 0.276. The predicted molar refractivity (Wildman–Crippen MR) is 119 cm³/mol. The molecule has 3 aromatic carbocycles. The van der Waals surface area contributed by atoms with Gasteiger partial charge in [0.15, 0.2) is 6.61 Å². The molecule has 0 aromatic heterocycles.